The lowest BCUT2D eigenvalue weighted by Crippen LogP contribution is -2.43. The number of likely N-dealkylation sites (N-methyl/N-ethyl adjacent to an activating group) is 2. The van der Waals surface area contributed by atoms with Gasteiger partial charge in [-0.3, -0.25) is 0 Å². The molecule has 1 N–H and O–H groups in total. The molecule has 17 heavy (non-hydrogen) atoms. The summed E-state index contributed by atoms with van der Waals surface area (Å²) in [7, 11) is 2.27. The van der Waals surface area contributed by atoms with Crippen molar-refractivity contribution in [3.8, 4) is 0 Å². The molecule has 1 heterocycles. The summed E-state index contributed by atoms with van der Waals surface area (Å²) in [6.07, 6.45) is 5.45. The van der Waals surface area contributed by atoms with Crippen LogP contribution in [0.1, 0.15) is 32.6 Å². The number of hydrogen-bond donors (Lipinski definition) is 1. The van der Waals surface area contributed by atoms with Crippen molar-refractivity contribution in [1.29, 1.82) is 0 Å². The lowest BCUT2D eigenvalue weighted by Gasteiger charge is -2.30. The Hall–Kier alpha value is -0.120. The Balaban J connectivity index is 1.68. The first-order valence-electron chi connectivity index (χ1n) is 7.29. The fourth-order valence-electron chi connectivity index (χ4n) is 2.94. The van der Waals surface area contributed by atoms with E-state index in [9.17, 15) is 0 Å². The highest BCUT2D eigenvalue weighted by molar-refractivity contribution is 4.88. The smallest absolute Gasteiger partial charge is 0.0506 e. The summed E-state index contributed by atoms with van der Waals surface area (Å²) in [5, 5.41) is 3.64. The zero-order valence-corrected chi connectivity index (χ0v) is 11.5. The van der Waals surface area contributed by atoms with Crippen LogP contribution in [0.4, 0.5) is 0 Å². The van der Waals surface area contributed by atoms with E-state index in [1.807, 2.05) is 0 Å². The first-order chi connectivity index (χ1) is 8.29. The van der Waals surface area contributed by atoms with Gasteiger partial charge < -0.3 is 15.0 Å². The van der Waals surface area contributed by atoms with E-state index in [1.54, 1.807) is 0 Å². The fraction of sp³-hybridized carbons (Fsp3) is 1.00. The van der Waals surface area contributed by atoms with Gasteiger partial charge in [0, 0.05) is 25.7 Å². The molecule has 1 aliphatic heterocycles. The van der Waals surface area contributed by atoms with E-state index >= 15 is 0 Å². The highest BCUT2D eigenvalue weighted by Crippen LogP contribution is 2.33. The normalized spacial score (nSPS) is 27.4. The molecule has 100 valence electrons. The minimum Gasteiger partial charge on any atom is -0.381 e. The van der Waals surface area contributed by atoms with Gasteiger partial charge in [0.05, 0.1) is 6.61 Å². The molecular weight excluding hydrogens is 212 g/mol. The van der Waals surface area contributed by atoms with Crippen molar-refractivity contribution in [1.82, 2.24) is 10.2 Å². The standard InChI is InChI=1S/C14H28N2O/c1-3-15-14(13-6-7-13)10-16(2)9-12-5-4-8-17-11-12/h12-15H,3-11H2,1-2H3. The Morgan fingerprint density at radius 2 is 2.18 bits per heavy atom. The summed E-state index contributed by atoms with van der Waals surface area (Å²) in [6, 6.07) is 0.717. The Kier molecular flexibility index (Phi) is 5.26. The largest absolute Gasteiger partial charge is 0.381 e. The van der Waals surface area contributed by atoms with E-state index in [0.717, 1.165) is 37.6 Å². The van der Waals surface area contributed by atoms with Crippen molar-refractivity contribution in [3.63, 3.8) is 0 Å². The maximum atomic E-state index is 5.55. The molecule has 1 saturated carbocycles. The summed E-state index contributed by atoms with van der Waals surface area (Å²) in [5.74, 6) is 1.70. The fourth-order valence-corrected chi connectivity index (χ4v) is 2.94. The van der Waals surface area contributed by atoms with E-state index in [-0.39, 0.29) is 0 Å². The first kappa shape index (κ1) is 13.3. The molecule has 1 saturated heterocycles. The molecule has 0 spiro atoms. The zero-order chi connectivity index (χ0) is 12.1. The third-order valence-corrected chi connectivity index (χ3v) is 3.99. The van der Waals surface area contributed by atoms with Crippen LogP contribution in [0.25, 0.3) is 0 Å². The summed E-state index contributed by atoms with van der Waals surface area (Å²) < 4.78 is 5.55. The van der Waals surface area contributed by atoms with Crippen LogP contribution in [0, 0.1) is 11.8 Å². The van der Waals surface area contributed by atoms with Gasteiger partial charge >= 0.3 is 0 Å². The minimum absolute atomic E-state index is 0.717. The molecule has 0 aromatic heterocycles. The maximum absolute atomic E-state index is 5.55. The van der Waals surface area contributed by atoms with Crippen LogP contribution in [0.15, 0.2) is 0 Å². The average molecular weight is 240 g/mol. The molecule has 2 aliphatic rings. The molecule has 0 aromatic carbocycles. The number of nitrogens with one attached hydrogen (secondary N) is 1. The molecule has 1 aliphatic carbocycles. The monoisotopic (exact) mass is 240 g/mol. The second kappa shape index (κ2) is 6.72. The van der Waals surface area contributed by atoms with Crippen molar-refractivity contribution in [2.75, 3.05) is 39.9 Å². The molecule has 2 unspecified atom stereocenters. The first-order valence-corrected chi connectivity index (χ1v) is 7.29. The number of hydrogen-bond acceptors (Lipinski definition) is 3. The molecule has 0 radical (unpaired) electrons. The van der Waals surface area contributed by atoms with Crippen LogP contribution < -0.4 is 5.32 Å². The van der Waals surface area contributed by atoms with E-state index in [2.05, 4.69) is 24.2 Å². The van der Waals surface area contributed by atoms with Gasteiger partial charge in [-0.15, -0.1) is 0 Å². The lowest BCUT2D eigenvalue weighted by atomic mass is 10.0. The van der Waals surface area contributed by atoms with Crippen molar-refractivity contribution in [3.05, 3.63) is 0 Å². The third kappa shape index (κ3) is 4.57. The molecule has 3 heteroatoms. The summed E-state index contributed by atoms with van der Waals surface area (Å²) >= 11 is 0. The predicted octanol–water partition coefficient (Wildman–Crippen LogP) is 1.73. The molecule has 2 rings (SSSR count). The Morgan fingerprint density at radius 3 is 2.76 bits per heavy atom. The number of rotatable bonds is 7. The second-order valence-electron chi connectivity index (χ2n) is 5.81. The van der Waals surface area contributed by atoms with Crippen molar-refractivity contribution in [2.24, 2.45) is 11.8 Å². The molecular formula is C14H28N2O. The van der Waals surface area contributed by atoms with E-state index in [4.69, 9.17) is 4.74 Å². The molecule has 0 amide bonds. The van der Waals surface area contributed by atoms with Crippen LogP contribution >= 0.6 is 0 Å². The van der Waals surface area contributed by atoms with Gasteiger partial charge in [-0.25, -0.2) is 0 Å². The van der Waals surface area contributed by atoms with Gasteiger partial charge in [0.25, 0.3) is 0 Å². The molecule has 2 atom stereocenters. The van der Waals surface area contributed by atoms with Crippen molar-refractivity contribution in [2.45, 2.75) is 38.6 Å². The Bertz CT molecular complexity index is 212. The van der Waals surface area contributed by atoms with E-state index in [0.29, 0.717) is 0 Å². The van der Waals surface area contributed by atoms with Gasteiger partial charge in [0.1, 0.15) is 0 Å². The van der Waals surface area contributed by atoms with Crippen LogP contribution in [-0.2, 0) is 4.74 Å². The Labute approximate surface area is 106 Å². The second-order valence-corrected chi connectivity index (χ2v) is 5.81. The third-order valence-electron chi connectivity index (χ3n) is 3.99. The molecule has 3 nitrogen and oxygen atoms in total. The van der Waals surface area contributed by atoms with Crippen molar-refractivity contribution >= 4 is 0 Å². The lowest BCUT2D eigenvalue weighted by molar-refractivity contribution is 0.0406. The highest BCUT2D eigenvalue weighted by atomic mass is 16.5. The summed E-state index contributed by atoms with van der Waals surface area (Å²) in [4.78, 5) is 2.50. The van der Waals surface area contributed by atoms with Gasteiger partial charge in [0.15, 0.2) is 0 Å². The summed E-state index contributed by atoms with van der Waals surface area (Å²) in [5.41, 5.74) is 0. The van der Waals surface area contributed by atoms with Gasteiger partial charge in [-0.05, 0) is 51.1 Å². The predicted molar refractivity (Wildman–Crippen MR) is 71.2 cm³/mol. The van der Waals surface area contributed by atoms with Gasteiger partial charge in [0.2, 0.25) is 0 Å². The van der Waals surface area contributed by atoms with Crippen LogP contribution in [0.3, 0.4) is 0 Å². The van der Waals surface area contributed by atoms with Crippen LogP contribution in [0.2, 0.25) is 0 Å². The minimum atomic E-state index is 0.717. The molecule has 0 bridgehead atoms. The maximum Gasteiger partial charge on any atom is 0.0506 e. The summed E-state index contributed by atoms with van der Waals surface area (Å²) in [6.45, 7) is 7.66. The average Bonchev–Trinajstić information content (AvgIpc) is 3.13. The number of nitrogens with zero attached hydrogens (tertiary/aromatic N) is 1. The number of ether oxygens (including phenoxy) is 1. The van der Waals surface area contributed by atoms with Gasteiger partial charge in [-0.2, -0.15) is 0 Å². The van der Waals surface area contributed by atoms with Crippen molar-refractivity contribution < 1.29 is 4.74 Å². The Morgan fingerprint density at radius 1 is 1.35 bits per heavy atom. The molecule has 2 fully saturated rings. The van der Waals surface area contributed by atoms with Crippen LogP contribution in [-0.4, -0.2) is 50.8 Å². The van der Waals surface area contributed by atoms with Gasteiger partial charge in [-0.1, -0.05) is 6.92 Å². The molecule has 0 aromatic rings. The zero-order valence-electron chi connectivity index (χ0n) is 11.5. The highest BCUT2D eigenvalue weighted by Gasteiger charge is 2.31. The topological polar surface area (TPSA) is 24.5 Å². The quantitative estimate of drug-likeness (QED) is 0.733. The van der Waals surface area contributed by atoms with E-state index in [1.165, 1.54) is 38.8 Å². The SMILES string of the molecule is CCNC(CN(C)CC1CCCOC1)C1CC1. The van der Waals surface area contributed by atoms with E-state index < -0.39 is 0 Å². The van der Waals surface area contributed by atoms with Crippen LogP contribution in [0.5, 0.6) is 0 Å².